The normalized spacial score (nSPS) is 9.90. The molecule has 0 aliphatic rings. The van der Waals surface area contributed by atoms with Crippen molar-refractivity contribution in [2.45, 2.75) is 6.92 Å². The topological polar surface area (TPSA) is 52.6 Å². The Labute approximate surface area is 124 Å². The van der Waals surface area contributed by atoms with E-state index in [1.165, 1.54) is 0 Å². The molecule has 0 amide bonds. The second kappa shape index (κ2) is 6.34. The van der Waals surface area contributed by atoms with Crippen molar-refractivity contribution in [2.24, 2.45) is 0 Å². The molecule has 2 aromatic carbocycles. The zero-order valence-corrected chi connectivity index (χ0v) is 12.2. The molecule has 0 heterocycles. The van der Waals surface area contributed by atoms with Gasteiger partial charge in [-0.3, -0.25) is 0 Å². The van der Waals surface area contributed by atoms with Crippen LogP contribution in [0.15, 0.2) is 53.0 Å². The highest BCUT2D eigenvalue weighted by Crippen LogP contribution is 2.12. The van der Waals surface area contributed by atoms with Crippen molar-refractivity contribution in [3.8, 4) is 0 Å². The minimum Gasteiger partial charge on any atom is -0.242 e. The first-order chi connectivity index (χ1) is 9.56. The number of rotatable bonds is 2. The third kappa shape index (κ3) is 3.68. The van der Waals surface area contributed by atoms with Crippen LogP contribution in [0.1, 0.15) is 26.3 Å². The van der Waals surface area contributed by atoms with Crippen LogP contribution in [-0.4, -0.2) is 11.9 Å². The molecule has 102 valence electrons. The maximum Gasteiger partial charge on any atom is 0.386 e. The first kappa shape index (κ1) is 14.3. The van der Waals surface area contributed by atoms with E-state index in [0.29, 0.717) is 11.1 Å². The minimum absolute atomic E-state index is 0.296. The van der Waals surface area contributed by atoms with Crippen LogP contribution in [0.4, 0.5) is 0 Å². The number of hydrogen-bond acceptors (Lipinski definition) is 4. The van der Waals surface area contributed by atoms with Gasteiger partial charge in [0.05, 0.1) is 11.1 Å². The van der Waals surface area contributed by atoms with Crippen molar-refractivity contribution in [1.29, 1.82) is 0 Å². The van der Waals surface area contributed by atoms with E-state index in [-0.39, 0.29) is 0 Å². The van der Waals surface area contributed by atoms with Gasteiger partial charge in [-0.1, -0.05) is 33.6 Å². The predicted octanol–water partition coefficient (Wildman–Crippen LogP) is 3.69. The van der Waals surface area contributed by atoms with Gasteiger partial charge in [0.1, 0.15) is 0 Å². The summed E-state index contributed by atoms with van der Waals surface area (Å²) in [7, 11) is 0. The molecular weight excluding hydrogens is 324 g/mol. The van der Waals surface area contributed by atoms with E-state index >= 15 is 0 Å². The molecule has 0 saturated carbocycles. The van der Waals surface area contributed by atoms with Gasteiger partial charge in [0.2, 0.25) is 0 Å². The summed E-state index contributed by atoms with van der Waals surface area (Å²) >= 11 is 3.26. The fourth-order valence-corrected chi connectivity index (χ4v) is 1.71. The van der Waals surface area contributed by atoms with Crippen molar-refractivity contribution >= 4 is 27.9 Å². The largest absolute Gasteiger partial charge is 0.386 e. The standard InChI is InChI=1S/C15H11BrO4/c1-10-2-4-11(5-3-10)14(17)19-20-15(18)12-6-8-13(16)9-7-12/h2-9H,1H3. The molecular formula is C15H11BrO4. The van der Waals surface area contributed by atoms with Gasteiger partial charge < -0.3 is 0 Å². The average molecular weight is 335 g/mol. The molecule has 2 rings (SSSR count). The lowest BCUT2D eigenvalue weighted by Crippen LogP contribution is -2.11. The molecule has 0 aliphatic heterocycles. The van der Waals surface area contributed by atoms with Gasteiger partial charge in [-0.15, -0.1) is 0 Å². The zero-order valence-electron chi connectivity index (χ0n) is 10.6. The van der Waals surface area contributed by atoms with Crippen LogP contribution in [0.3, 0.4) is 0 Å². The number of halogens is 1. The van der Waals surface area contributed by atoms with Gasteiger partial charge in [0.15, 0.2) is 0 Å². The molecule has 20 heavy (non-hydrogen) atoms. The highest BCUT2D eigenvalue weighted by Gasteiger charge is 2.13. The summed E-state index contributed by atoms with van der Waals surface area (Å²) in [6.45, 7) is 1.91. The monoisotopic (exact) mass is 334 g/mol. The summed E-state index contributed by atoms with van der Waals surface area (Å²) in [4.78, 5) is 32.3. The molecule has 5 heteroatoms. The third-order valence-electron chi connectivity index (χ3n) is 2.56. The molecule has 0 fully saturated rings. The van der Waals surface area contributed by atoms with Crippen LogP contribution < -0.4 is 0 Å². The van der Waals surface area contributed by atoms with Gasteiger partial charge in [0, 0.05) is 4.47 Å². The number of hydrogen-bond donors (Lipinski definition) is 0. The maximum absolute atomic E-state index is 11.6. The Kier molecular flexibility index (Phi) is 4.53. The second-order valence-electron chi connectivity index (χ2n) is 4.11. The molecule has 0 bridgehead atoms. The van der Waals surface area contributed by atoms with Crippen molar-refractivity contribution in [3.05, 3.63) is 69.7 Å². The summed E-state index contributed by atoms with van der Waals surface area (Å²) in [6.07, 6.45) is 0. The van der Waals surface area contributed by atoms with E-state index in [2.05, 4.69) is 25.7 Å². The Hall–Kier alpha value is -2.14. The molecule has 0 aliphatic carbocycles. The second-order valence-corrected chi connectivity index (χ2v) is 5.03. The Balaban J connectivity index is 1.94. The predicted molar refractivity (Wildman–Crippen MR) is 76.2 cm³/mol. The van der Waals surface area contributed by atoms with Crippen molar-refractivity contribution < 1.29 is 19.4 Å². The van der Waals surface area contributed by atoms with Crippen LogP contribution in [-0.2, 0) is 9.78 Å². The molecule has 4 nitrogen and oxygen atoms in total. The molecule has 2 aromatic rings. The maximum atomic E-state index is 11.6. The fraction of sp³-hybridized carbons (Fsp3) is 0.0667. The Morgan fingerprint density at radius 2 is 1.20 bits per heavy atom. The van der Waals surface area contributed by atoms with Crippen LogP contribution in [0.5, 0.6) is 0 Å². The highest BCUT2D eigenvalue weighted by atomic mass is 79.9. The van der Waals surface area contributed by atoms with Gasteiger partial charge in [0.25, 0.3) is 0 Å². The van der Waals surface area contributed by atoms with Gasteiger partial charge in [-0.2, -0.15) is 0 Å². The minimum atomic E-state index is -0.724. The molecule has 0 N–H and O–H groups in total. The molecule has 0 saturated heterocycles. The van der Waals surface area contributed by atoms with Crippen LogP contribution >= 0.6 is 15.9 Å². The lowest BCUT2D eigenvalue weighted by molar-refractivity contribution is -0.187. The quantitative estimate of drug-likeness (QED) is 0.620. The van der Waals surface area contributed by atoms with Gasteiger partial charge >= 0.3 is 11.9 Å². The fourth-order valence-electron chi connectivity index (χ4n) is 1.45. The average Bonchev–Trinajstić information content (AvgIpc) is 2.46. The van der Waals surface area contributed by atoms with E-state index in [1.54, 1.807) is 48.5 Å². The molecule has 0 spiro atoms. The number of carbonyl (C=O) groups is 2. The molecule has 0 atom stereocenters. The molecule has 0 radical (unpaired) electrons. The Bertz CT molecular complexity index is 560. The zero-order chi connectivity index (χ0) is 14.5. The first-order valence-corrected chi connectivity index (χ1v) is 6.61. The van der Waals surface area contributed by atoms with E-state index in [4.69, 9.17) is 0 Å². The van der Waals surface area contributed by atoms with Gasteiger partial charge in [-0.25, -0.2) is 19.4 Å². The smallest absolute Gasteiger partial charge is 0.242 e. The van der Waals surface area contributed by atoms with E-state index in [1.807, 2.05) is 6.92 Å². The van der Waals surface area contributed by atoms with Crippen molar-refractivity contribution in [2.75, 3.05) is 0 Å². The Morgan fingerprint density at radius 3 is 1.65 bits per heavy atom. The van der Waals surface area contributed by atoms with Crippen LogP contribution in [0.25, 0.3) is 0 Å². The SMILES string of the molecule is Cc1ccc(C(=O)OOC(=O)c2ccc(Br)cc2)cc1. The van der Waals surface area contributed by atoms with Crippen LogP contribution in [0, 0.1) is 6.92 Å². The number of aryl methyl sites for hydroxylation is 1. The molecule has 0 unspecified atom stereocenters. The number of carbonyl (C=O) groups excluding carboxylic acids is 2. The summed E-state index contributed by atoms with van der Waals surface area (Å²) in [5, 5.41) is 0. The third-order valence-corrected chi connectivity index (χ3v) is 3.09. The summed E-state index contributed by atoms with van der Waals surface area (Å²) < 4.78 is 0.839. The lowest BCUT2D eigenvalue weighted by Gasteiger charge is -2.03. The Morgan fingerprint density at radius 1 is 0.800 bits per heavy atom. The van der Waals surface area contributed by atoms with E-state index < -0.39 is 11.9 Å². The van der Waals surface area contributed by atoms with Gasteiger partial charge in [-0.05, 0) is 43.3 Å². The lowest BCUT2D eigenvalue weighted by atomic mass is 10.2. The molecule has 0 aromatic heterocycles. The van der Waals surface area contributed by atoms with Crippen molar-refractivity contribution in [3.63, 3.8) is 0 Å². The summed E-state index contributed by atoms with van der Waals surface area (Å²) in [5.74, 6) is -1.44. The summed E-state index contributed by atoms with van der Waals surface area (Å²) in [6, 6.07) is 13.3. The summed E-state index contributed by atoms with van der Waals surface area (Å²) in [5.41, 5.74) is 1.64. The van der Waals surface area contributed by atoms with E-state index in [0.717, 1.165) is 10.0 Å². The first-order valence-electron chi connectivity index (χ1n) is 5.81. The van der Waals surface area contributed by atoms with Crippen LogP contribution in [0.2, 0.25) is 0 Å². The van der Waals surface area contributed by atoms with Crippen molar-refractivity contribution in [1.82, 2.24) is 0 Å². The van der Waals surface area contributed by atoms with E-state index in [9.17, 15) is 9.59 Å². The number of benzene rings is 2. The highest BCUT2D eigenvalue weighted by molar-refractivity contribution is 9.10.